The van der Waals surface area contributed by atoms with Crippen LogP contribution >= 0.6 is 0 Å². The number of amides is 3. The Labute approximate surface area is 190 Å². The lowest BCUT2D eigenvalue weighted by atomic mass is 9.75. The average molecular weight is 449 g/mol. The number of likely N-dealkylation sites (tertiary alicyclic amines) is 1. The number of pyridine rings is 1. The third kappa shape index (κ3) is 3.82. The van der Waals surface area contributed by atoms with Crippen molar-refractivity contribution in [3.63, 3.8) is 0 Å². The van der Waals surface area contributed by atoms with Crippen LogP contribution in [0.5, 0.6) is 5.75 Å². The summed E-state index contributed by atoms with van der Waals surface area (Å²) in [5.74, 6) is -1.37. The van der Waals surface area contributed by atoms with Gasteiger partial charge in [-0.05, 0) is 23.8 Å². The lowest BCUT2D eigenvalue weighted by Gasteiger charge is -2.29. The Balaban J connectivity index is 1.65. The zero-order valence-electron chi connectivity index (χ0n) is 18.7. The maximum Gasteiger partial charge on any atom is 0.240 e. The van der Waals surface area contributed by atoms with Gasteiger partial charge in [0.1, 0.15) is 17.1 Å². The number of aromatic nitrogens is 1. The topological polar surface area (TPSA) is 79.8 Å². The summed E-state index contributed by atoms with van der Waals surface area (Å²) in [5.41, 5.74) is 0.0278. The van der Waals surface area contributed by atoms with E-state index in [1.165, 1.54) is 30.1 Å². The van der Waals surface area contributed by atoms with Gasteiger partial charge in [-0.2, -0.15) is 0 Å². The summed E-state index contributed by atoms with van der Waals surface area (Å²) in [6, 6.07) is 13.2. The van der Waals surface area contributed by atoms with E-state index in [2.05, 4.69) is 4.98 Å². The van der Waals surface area contributed by atoms with Crippen molar-refractivity contribution in [3.05, 3.63) is 71.7 Å². The first-order valence-electron chi connectivity index (χ1n) is 10.5. The summed E-state index contributed by atoms with van der Waals surface area (Å²) in [6.45, 7) is 0.246. The standard InChI is InChI=1S/C25H24FN3O4/c1-28(15-16-10-11-20(33-3)23-17(16)7-6-12-27-23)21(30)13-25(14-22(31)29(2)24(25)32)18-8-4-5-9-19(18)26/h4-12H,13-15H2,1-3H3. The predicted octanol–water partition coefficient (Wildman–Crippen LogP) is 3.06. The van der Waals surface area contributed by atoms with Crippen LogP contribution in [0.15, 0.2) is 54.7 Å². The first kappa shape index (κ1) is 22.4. The number of imide groups is 1. The van der Waals surface area contributed by atoms with Crippen molar-refractivity contribution >= 4 is 28.6 Å². The fraction of sp³-hybridized carbons (Fsp3) is 0.280. The highest BCUT2D eigenvalue weighted by Gasteiger charge is 2.53. The Bertz CT molecular complexity index is 1260. The van der Waals surface area contributed by atoms with Gasteiger partial charge in [0.05, 0.1) is 12.5 Å². The molecule has 4 rings (SSSR count). The molecule has 1 aromatic heterocycles. The Morgan fingerprint density at radius 3 is 2.61 bits per heavy atom. The van der Waals surface area contributed by atoms with Gasteiger partial charge in [0.2, 0.25) is 17.7 Å². The van der Waals surface area contributed by atoms with Gasteiger partial charge in [0, 0.05) is 50.6 Å². The Kier molecular flexibility index (Phi) is 5.84. The second-order valence-electron chi connectivity index (χ2n) is 8.25. The number of methoxy groups -OCH3 is 1. The number of rotatable bonds is 6. The monoisotopic (exact) mass is 449 g/mol. The molecule has 0 N–H and O–H groups in total. The minimum absolute atomic E-state index is 0.0635. The summed E-state index contributed by atoms with van der Waals surface area (Å²) in [5, 5.41) is 0.840. The highest BCUT2D eigenvalue weighted by Crippen LogP contribution is 2.41. The van der Waals surface area contributed by atoms with Gasteiger partial charge in [-0.25, -0.2) is 4.39 Å². The minimum atomic E-state index is -1.56. The molecule has 33 heavy (non-hydrogen) atoms. The van der Waals surface area contributed by atoms with Gasteiger partial charge in [0.15, 0.2) is 0 Å². The Hall–Kier alpha value is -3.81. The number of hydrogen-bond donors (Lipinski definition) is 0. The number of benzene rings is 2. The first-order valence-corrected chi connectivity index (χ1v) is 10.5. The van der Waals surface area contributed by atoms with Gasteiger partial charge in [-0.15, -0.1) is 0 Å². The van der Waals surface area contributed by atoms with Crippen LogP contribution in [0.25, 0.3) is 10.9 Å². The van der Waals surface area contributed by atoms with Crippen LogP contribution in [-0.4, -0.2) is 53.7 Å². The summed E-state index contributed by atoms with van der Waals surface area (Å²) in [6.07, 6.45) is 1.10. The number of ether oxygens (including phenoxy) is 1. The fourth-order valence-corrected chi connectivity index (χ4v) is 4.42. The van der Waals surface area contributed by atoms with E-state index in [9.17, 15) is 18.8 Å². The highest BCUT2D eigenvalue weighted by atomic mass is 19.1. The molecule has 0 aliphatic carbocycles. The van der Waals surface area contributed by atoms with Crippen molar-refractivity contribution in [3.8, 4) is 5.75 Å². The smallest absolute Gasteiger partial charge is 0.240 e. The maximum absolute atomic E-state index is 14.7. The lowest BCUT2D eigenvalue weighted by molar-refractivity contribution is -0.141. The molecule has 1 atom stereocenters. The first-order chi connectivity index (χ1) is 15.8. The molecule has 8 heteroatoms. The maximum atomic E-state index is 14.7. The van der Waals surface area contributed by atoms with Crippen LogP contribution in [0.2, 0.25) is 0 Å². The van der Waals surface area contributed by atoms with Crippen molar-refractivity contribution in [2.45, 2.75) is 24.8 Å². The molecule has 2 aromatic carbocycles. The van der Waals surface area contributed by atoms with E-state index < -0.39 is 23.0 Å². The van der Waals surface area contributed by atoms with E-state index in [1.54, 1.807) is 38.6 Å². The summed E-state index contributed by atoms with van der Waals surface area (Å²) < 4.78 is 20.1. The molecule has 7 nitrogen and oxygen atoms in total. The number of fused-ring (bicyclic) bond motifs is 1. The van der Waals surface area contributed by atoms with Crippen LogP contribution in [0.3, 0.4) is 0 Å². The molecule has 0 spiro atoms. The third-order valence-electron chi connectivity index (χ3n) is 6.26. The molecular weight excluding hydrogens is 425 g/mol. The zero-order valence-corrected chi connectivity index (χ0v) is 18.7. The average Bonchev–Trinajstić information content (AvgIpc) is 3.03. The fourth-order valence-electron chi connectivity index (χ4n) is 4.42. The van der Waals surface area contributed by atoms with Crippen LogP contribution in [0.4, 0.5) is 4.39 Å². The number of carbonyl (C=O) groups excluding carboxylic acids is 3. The van der Waals surface area contributed by atoms with Crippen LogP contribution in [0, 0.1) is 5.82 Å². The highest BCUT2D eigenvalue weighted by molar-refractivity contribution is 6.10. The molecule has 3 aromatic rings. The zero-order chi connectivity index (χ0) is 23.8. The van der Waals surface area contributed by atoms with E-state index >= 15 is 0 Å². The largest absolute Gasteiger partial charge is 0.494 e. The SMILES string of the molecule is COc1ccc(CN(C)C(=O)CC2(c3ccccc3F)CC(=O)N(C)C2=O)c2cccnc12. The van der Waals surface area contributed by atoms with Crippen molar-refractivity contribution in [1.82, 2.24) is 14.8 Å². The summed E-state index contributed by atoms with van der Waals surface area (Å²) >= 11 is 0. The molecule has 1 aliphatic heterocycles. The molecule has 2 heterocycles. The summed E-state index contributed by atoms with van der Waals surface area (Å²) in [4.78, 5) is 45.6. The van der Waals surface area contributed by atoms with Gasteiger partial charge in [-0.1, -0.05) is 30.3 Å². The molecule has 0 radical (unpaired) electrons. The molecule has 1 saturated heterocycles. The number of halogens is 1. The molecular formula is C25H24FN3O4. The molecule has 0 saturated carbocycles. The second-order valence-corrected chi connectivity index (χ2v) is 8.25. The van der Waals surface area contributed by atoms with E-state index in [0.717, 1.165) is 15.8 Å². The number of nitrogens with zero attached hydrogens (tertiary/aromatic N) is 3. The van der Waals surface area contributed by atoms with Gasteiger partial charge < -0.3 is 9.64 Å². The molecule has 3 amide bonds. The molecule has 1 unspecified atom stereocenters. The minimum Gasteiger partial charge on any atom is -0.494 e. The Morgan fingerprint density at radius 2 is 1.94 bits per heavy atom. The van der Waals surface area contributed by atoms with Crippen LogP contribution in [0.1, 0.15) is 24.0 Å². The number of carbonyl (C=O) groups is 3. The van der Waals surface area contributed by atoms with Crippen LogP contribution < -0.4 is 4.74 Å². The third-order valence-corrected chi connectivity index (χ3v) is 6.26. The quantitative estimate of drug-likeness (QED) is 0.541. The van der Waals surface area contributed by atoms with Gasteiger partial charge >= 0.3 is 0 Å². The molecule has 1 fully saturated rings. The predicted molar refractivity (Wildman–Crippen MR) is 120 cm³/mol. The van der Waals surface area contributed by atoms with Crippen LogP contribution in [-0.2, 0) is 26.3 Å². The van der Waals surface area contributed by atoms with E-state index in [1.807, 2.05) is 12.1 Å². The normalized spacial score (nSPS) is 18.1. The number of likely N-dealkylation sites (N-methyl/N-ethyl adjacent to an activating group) is 1. The Morgan fingerprint density at radius 1 is 1.18 bits per heavy atom. The van der Waals surface area contributed by atoms with Crippen molar-refractivity contribution in [1.29, 1.82) is 0 Å². The molecule has 1 aliphatic rings. The molecule has 0 bridgehead atoms. The van der Waals surface area contributed by atoms with Crippen molar-refractivity contribution in [2.24, 2.45) is 0 Å². The van der Waals surface area contributed by atoms with Crippen molar-refractivity contribution < 1.29 is 23.5 Å². The lowest BCUT2D eigenvalue weighted by Crippen LogP contribution is -2.42. The van der Waals surface area contributed by atoms with E-state index in [4.69, 9.17) is 4.74 Å². The van der Waals surface area contributed by atoms with E-state index in [0.29, 0.717) is 11.3 Å². The molecule has 170 valence electrons. The van der Waals surface area contributed by atoms with Crippen molar-refractivity contribution in [2.75, 3.05) is 21.2 Å². The van der Waals surface area contributed by atoms with E-state index in [-0.39, 0.29) is 30.9 Å². The number of hydrogen-bond acceptors (Lipinski definition) is 5. The summed E-state index contributed by atoms with van der Waals surface area (Å²) in [7, 11) is 4.55. The second kappa shape index (κ2) is 8.61. The van der Waals surface area contributed by atoms with Gasteiger partial charge in [-0.3, -0.25) is 24.3 Å². The van der Waals surface area contributed by atoms with Gasteiger partial charge in [0.25, 0.3) is 0 Å².